The first-order valence-corrected chi connectivity index (χ1v) is 10.3. The van der Waals surface area contributed by atoms with E-state index >= 15 is 0 Å². The lowest BCUT2D eigenvalue weighted by Gasteiger charge is -2.12. The van der Waals surface area contributed by atoms with Crippen LogP contribution in [0.3, 0.4) is 0 Å². The molecule has 0 fully saturated rings. The molecule has 0 atom stereocenters. The summed E-state index contributed by atoms with van der Waals surface area (Å²) >= 11 is 6.21. The molecule has 0 spiro atoms. The van der Waals surface area contributed by atoms with Gasteiger partial charge < -0.3 is 4.74 Å². The number of alkyl halides is 3. The minimum absolute atomic E-state index is 0.0157. The van der Waals surface area contributed by atoms with Crippen LogP contribution < -0.4 is 10.3 Å². The molecule has 0 amide bonds. The van der Waals surface area contributed by atoms with E-state index in [0.29, 0.717) is 28.5 Å². The summed E-state index contributed by atoms with van der Waals surface area (Å²) < 4.78 is 46.2. The number of hydrogen-bond acceptors (Lipinski definition) is 4. The molecule has 0 aliphatic heterocycles. The molecular weight excluding hydrogens is 455 g/mol. The number of benzene rings is 3. The molecule has 0 radical (unpaired) electrons. The lowest BCUT2D eigenvalue weighted by molar-refractivity contribution is -0.137. The first-order valence-electron chi connectivity index (χ1n) is 9.94. The van der Waals surface area contributed by atoms with Crippen LogP contribution in [0.1, 0.15) is 18.1 Å². The lowest BCUT2D eigenvalue weighted by Crippen LogP contribution is -2.20. The van der Waals surface area contributed by atoms with Crippen LogP contribution in [0, 0.1) is 0 Å². The van der Waals surface area contributed by atoms with Gasteiger partial charge in [0.15, 0.2) is 5.82 Å². The van der Waals surface area contributed by atoms with Crippen LogP contribution >= 0.6 is 11.6 Å². The molecule has 0 bridgehead atoms. The van der Waals surface area contributed by atoms with Crippen LogP contribution in [0.2, 0.25) is 5.02 Å². The van der Waals surface area contributed by atoms with Gasteiger partial charge in [0.1, 0.15) is 5.75 Å². The molecule has 168 valence electrons. The van der Waals surface area contributed by atoms with Crippen molar-refractivity contribution in [3.63, 3.8) is 0 Å². The van der Waals surface area contributed by atoms with Crippen LogP contribution in [0.15, 0.2) is 76.6 Å². The smallest absolute Gasteiger partial charge is 0.416 e. The van der Waals surface area contributed by atoms with Gasteiger partial charge in [0.25, 0.3) is 5.56 Å². The monoisotopic (exact) mass is 471 g/mol. The Hall–Kier alpha value is -3.65. The zero-order valence-corrected chi connectivity index (χ0v) is 18.1. The Labute approximate surface area is 191 Å². The van der Waals surface area contributed by atoms with Crippen LogP contribution in [0.25, 0.3) is 22.3 Å². The Morgan fingerprint density at radius 3 is 2.61 bits per heavy atom. The molecule has 5 nitrogen and oxygen atoms in total. The number of halogens is 4. The van der Waals surface area contributed by atoms with Gasteiger partial charge in [-0.15, -0.1) is 0 Å². The van der Waals surface area contributed by atoms with Gasteiger partial charge in [-0.25, -0.2) is 4.98 Å². The largest absolute Gasteiger partial charge is 0.492 e. The summed E-state index contributed by atoms with van der Waals surface area (Å²) in [6.07, 6.45) is -3.16. The maximum absolute atomic E-state index is 13.3. The molecule has 0 N–H and O–H groups in total. The highest BCUT2D eigenvalue weighted by Crippen LogP contribution is 2.32. The highest BCUT2D eigenvalue weighted by Gasteiger charge is 2.30. The molecule has 0 aliphatic rings. The fourth-order valence-electron chi connectivity index (χ4n) is 3.25. The van der Waals surface area contributed by atoms with Crippen molar-refractivity contribution < 1.29 is 17.9 Å². The van der Waals surface area contributed by atoms with Crippen LogP contribution in [-0.2, 0) is 6.18 Å². The molecule has 1 aromatic heterocycles. The maximum Gasteiger partial charge on any atom is 0.416 e. The van der Waals surface area contributed by atoms with E-state index in [-0.39, 0.29) is 16.8 Å². The van der Waals surface area contributed by atoms with Crippen molar-refractivity contribution in [3.05, 3.63) is 93.2 Å². The van der Waals surface area contributed by atoms with E-state index in [9.17, 15) is 18.0 Å². The summed E-state index contributed by atoms with van der Waals surface area (Å²) in [5, 5.41) is 4.90. The van der Waals surface area contributed by atoms with Gasteiger partial charge in [0, 0.05) is 5.56 Å². The molecule has 1 heterocycles. The molecule has 0 unspecified atom stereocenters. The maximum atomic E-state index is 13.3. The van der Waals surface area contributed by atoms with E-state index in [0.717, 1.165) is 16.8 Å². The lowest BCUT2D eigenvalue weighted by atomic mass is 10.1. The molecule has 9 heteroatoms. The number of para-hydroxylation sites is 1. The van der Waals surface area contributed by atoms with E-state index in [1.165, 1.54) is 18.3 Å². The molecule has 0 saturated carbocycles. The first kappa shape index (κ1) is 22.5. The van der Waals surface area contributed by atoms with Crippen molar-refractivity contribution in [1.29, 1.82) is 0 Å². The highest BCUT2D eigenvalue weighted by molar-refractivity contribution is 6.32. The van der Waals surface area contributed by atoms with Gasteiger partial charge in [-0.05, 0) is 55.0 Å². The van der Waals surface area contributed by atoms with Crippen LogP contribution in [0.5, 0.6) is 5.75 Å². The number of rotatable bonds is 5. The topological polar surface area (TPSA) is 56.5 Å². The van der Waals surface area contributed by atoms with Crippen molar-refractivity contribution in [3.8, 4) is 17.1 Å². The Morgan fingerprint density at radius 1 is 1.09 bits per heavy atom. The second kappa shape index (κ2) is 9.07. The van der Waals surface area contributed by atoms with Crippen molar-refractivity contribution >= 4 is 28.7 Å². The minimum atomic E-state index is -4.54. The second-order valence-corrected chi connectivity index (χ2v) is 7.42. The van der Waals surface area contributed by atoms with Gasteiger partial charge in [0.2, 0.25) is 0 Å². The van der Waals surface area contributed by atoms with E-state index in [1.54, 1.807) is 42.5 Å². The molecule has 33 heavy (non-hydrogen) atoms. The third kappa shape index (κ3) is 4.75. The summed E-state index contributed by atoms with van der Waals surface area (Å²) in [5.41, 5.74) is -0.337. The Morgan fingerprint density at radius 2 is 1.88 bits per heavy atom. The third-order valence-electron chi connectivity index (χ3n) is 4.78. The quantitative estimate of drug-likeness (QED) is 0.335. The third-order valence-corrected chi connectivity index (χ3v) is 5.08. The fraction of sp³-hybridized carbons (Fsp3) is 0.125. The molecular formula is C24H17ClF3N3O2. The Kier molecular flexibility index (Phi) is 6.20. The summed E-state index contributed by atoms with van der Waals surface area (Å²) in [6, 6.07) is 16.2. The predicted octanol–water partition coefficient (Wildman–Crippen LogP) is 6.02. The van der Waals surface area contributed by atoms with Crippen molar-refractivity contribution in [2.24, 2.45) is 5.10 Å². The average molecular weight is 472 g/mol. The molecule has 4 rings (SSSR count). The molecule has 4 aromatic rings. The minimum Gasteiger partial charge on any atom is -0.492 e. The van der Waals surface area contributed by atoms with Crippen molar-refractivity contribution in [2.45, 2.75) is 13.1 Å². The highest BCUT2D eigenvalue weighted by atomic mass is 35.5. The van der Waals surface area contributed by atoms with E-state index in [4.69, 9.17) is 16.3 Å². The summed E-state index contributed by atoms with van der Waals surface area (Å²) in [6.45, 7) is 2.28. The number of fused-ring (bicyclic) bond motifs is 1. The predicted molar refractivity (Wildman–Crippen MR) is 122 cm³/mol. The van der Waals surface area contributed by atoms with Crippen molar-refractivity contribution in [1.82, 2.24) is 9.66 Å². The zero-order chi connectivity index (χ0) is 23.6. The van der Waals surface area contributed by atoms with E-state index in [2.05, 4.69) is 10.1 Å². The summed E-state index contributed by atoms with van der Waals surface area (Å²) in [5.74, 6) is 0.489. The van der Waals surface area contributed by atoms with E-state index in [1.807, 2.05) is 6.92 Å². The van der Waals surface area contributed by atoms with Gasteiger partial charge >= 0.3 is 6.18 Å². The van der Waals surface area contributed by atoms with Crippen LogP contribution in [0.4, 0.5) is 13.2 Å². The Balaban J connectivity index is 1.87. The summed E-state index contributed by atoms with van der Waals surface area (Å²) in [4.78, 5) is 17.6. The number of aromatic nitrogens is 2. The van der Waals surface area contributed by atoms with Crippen molar-refractivity contribution in [2.75, 3.05) is 6.61 Å². The summed E-state index contributed by atoms with van der Waals surface area (Å²) in [7, 11) is 0. The van der Waals surface area contributed by atoms with Gasteiger partial charge in [0.05, 0.1) is 34.3 Å². The zero-order valence-electron chi connectivity index (χ0n) is 17.3. The number of ether oxygens (including phenoxy) is 1. The average Bonchev–Trinajstić information content (AvgIpc) is 2.79. The second-order valence-electron chi connectivity index (χ2n) is 7.02. The van der Waals surface area contributed by atoms with Gasteiger partial charge in [-0.2, -0.15) is 22.9 Å². The Bertz CT molecular complexity index is 1410. The van der Waals surface area contributed by atoms with Gasteiger partial charge in [-0.1, -0.05) is 35.9 Å². The fourth-order valence-corrected chi connectivity index (χ4v) is 3.49. The molecule has 3 aromatic carbocycles. The first-order chi connectivity index (χ1) is 15.8. The van der Waals surface area contributed by atoms with Crippen LogP contribution in [-0.4, -0.2) is 22.5 Å². The number of nitrogens with zero attached hydrogens (tertiary/aromatic N) is 3. The normalized spacial score (nSPS) is 11.9. The standard InChI is InChI=1S/C24H17ClF3N3O2/c1-2-33-21-11-10-15(12-19(21)25)14-29-31-22(16-6-5-7-17(13-16)24(26,27)28)30-20-9-4-3-8-18(20)23(31)32/h3-14H,2H2,1H3. The number of hydrogen-bond donors (Lipinski definition) is 0. The van der Waals surface area contributed by atoms with E-state index < -0.39 is 17.3 Å². The molecule has 0 saturated heterocycles. The molecule has 0 aliphatic carbocycles. The van der Waals surface area contributed by atoms with Gasteiger partial charge in [-0.3, -0.25) is 4.79 Å². The SMILES string of the molecule is CCOc1ccc(C=Nn2c(-c3cccc(C(F)(F)F)c3)nc3ccccc3c2=O)cc1Cl.